The van der Waals surface area contributed by atoms with E-state index in [4.69, 9.17) is 10.3 Å². The maximum Gasteiger partial charge on any atom is 0.231 e. The summed E-state index contributed by atoms with van der Waals surface area (Å²) in [6.07, 6.45) is 4.15. The lowest BCUT2D eigenvalue weighted by Gasteiger charge is -2.09. The van der Waals surface area contributed by atoms with Gasteiger partial charge in [0.25, 0.3) is 0 Å². The Kier molecular flexibility index (Phi) is 3.49. The highest BCUT2D eigenvalue weighted by Gasteiger charge is 2.17. The van der Waals surface area contributed by atoms with Crippen molar-refractivity contribution in [2.24, 2.45) is 5.73 Å². The molecular formula is C12H16N4O. The molecule has 0 saturated carbocycles. The summed E-state index contributed by atoms with van der Waals surface area (Å²) in [5.41, 5.74) is 6.91. The highest BCUT2D eigenvalue weighted by Crippen LogP contribution is 2.16. The maximum absolute atomic E-state index is 5.79. The van der Waals surface area contributed by atoms with E-state index < -0.39 is 0 Å². The number of pyridine rings is 1. The van der Waals surface area contributed by atoms with Crippen molar-refractivity contribution < 1.29 is 4.52 Å². The number of aromatic nitrogens is 3. The van der Waals surface area contributed by atoms with E-state index in [0.29, 0.717) is 18.1 Å². The second-order valence-corrected chi connectivity index (χ2v) is 4.23. The standard InChI is InChI=1S/C12H16N4O/c1-8(9(2)13)12-15-11(16-17-12)7-10-3-5-14-6-4-10/h3-6,8-9H,7,13H2,1-2H3. The first-order valence-electron chi connectivity index (χ1n) is 5.64. The summed E-state index contributed by atoms with van der Waals surface area (Å²) in [5, 5.41) is 3.95. The van der Waals surface area contributed by atoms with E-state index in [1.807, 2.05) is 26.0 Å². The van der Waals surface area contributed by atoms with Gasteiger partial charge in [0, 0.05) is 24.9 Å². The third-order valence-electron chi connectivity index (χ3n) is 2.77. The molecule has 0 saturated heterocycles. The SMILES string of the molecule is CC(N)C(C)c1nc(Cc2ccncc2)no1. The average Bonchev–Trinajstić information content (AvgIpc) is 2.77. The van der Waals surface area contributed by atoms with Gasteiger partial charge in [-0.2, -0.15) is 4.98 Å². The van der Waals surface area contributed by atoms with Gasteiger partial charge in [-0.05, 0) is 24.6 Å². The molecule has 5 heteroatoms. The van der Waals surface area contributed by atoms with Crippen molar-refractivity contribution in [3.8, 4) is 0 Å². The molecule has 17 heavy (non-hydrogen) atoms. The minimum absolute atomic E-state index is 0.00391. The summed E-state index contributed by atoms with van der Waals surface area (Å²) in [6, 6.07) is 3.87. The van der Waals surface area contributed by atoms with E-state index in [0.717, 1.165) is 5.56 Å². The fourth-order valence-electron chi connectivity index (χ4n) is 1.43. The van der Waals surface area contributed by atoms with Gasteiger partial charge in [-0.15, -0.1) is 0 Å². The Morgan fingerprint density at radius 1 is 1.29 bits per heavy atom. The van der Waals surface area contributed by atoms with Crippen LogP contribution in [0.5, 0.6) is 0 Å². The quantitative estimate of drug-likeness (QED) is 0.864. The molecular weight excluding hydrogens is 216 g/mol. The number of hydrogen-bond acceptors (Lipinski definition) is 5. The van der Waals surface area contributed by atoms with Gasteiger partial charge in [0.05, 0.1) is 5.92 Å². The largest absolute Gasteiger partial charge is 0.339 e. The molecule has 2 N–H and O–H groups in total. The zero-order valence-electron chi connectivity index (χ0n) is 10.00. The lowest BCUT2D eigenvalue weighted by Crippen LogP contribution is -2.22. The number of hydrogen-bond donors (Lipinski definition) is 1. The topological polar surface area (TPSA) is 77.8 Å². The van der Waals surface area contributed by atoms with Crippen LogP contribution in [0.4, 0.5) is 0 Å². The van der Waals surface area contributed by atoms with Crippen molar-refractivity contribution in [1.82, 2.24) is 15.1 Å². The molecule has 0 spiro atoms. The Hall–Kier alpha value is -1.75. The maximum atomic E-state index is 5.79. The third-order valence-corrected chi connectivity index (χ3v) is 2.77. The minimum atomic E-state index is 0.00391. The van der Waals surface area contributed by atoms with Crippen molar-refractivity contribution >= 4 is 0 Å². The highest BCUT2D eigenvalue weighted by atomic mass is 16.5. The molecule has 0 aromatic carbocycles. The van der Waals surface area contributed by atoms with Crippen molar-refractivity contribution in [2.75, 3.05) is 0 Å². The molecule has 5 nitrogen and oxygen atoms in total. The molecule has 0 aliphatic rings. The van der Waals surface area contributed by atoms with Gasteiger partial charge in [0.15, 0.2) is 5.82 Å². The van der Waals surface area contributed by atoms with Crippen LogP contribution in [0.25, 0.3) is 0 Å². The van der Waals surface area contributed by atoms with Crippen molar-refractivity contribution in [2.45, 2.75) is 32.2 Å². The van der Waals surface area contributed by atoms with E-state index in [-0.39, 0.29) is 12.0 Å². The molecule has 0 radical (unpaired) electrons. The van der Waals surface area contributed by atoms with Gasteiger partial charge in [-0.1, -0.05) is 12.1 Å². The zero-order valence-corrected chi connectivity index (χ0v) is 10.00. The van der Waals surface area contributed by atoms with Crippen LogP contribution < -0.4 is 5.73 Å². The molecule has 0 aliphatic carbocycles. The lowest BCUT2D eigenvalue weighted by atomic mass is 10.1. The van der Waals surface area contributed by atoms with E-state index in [9.17, 15) is 0 Å². The summed E-state index contributed by atoms with van der Waals surface area (Å²) in [7, 11) is 0. The van der Waals surface area contributed by atoms with Crippen molar-refractivity contribution in [3.63, 3.8) is 0 Å². The highest BCUT2D eigenvalue weighted by molar-refractivity contribution is 5.15. The molecule has 2 heterocycles. The van der Waals surface area contributed by atoms with Crippen LogP contribution in [0.1, 0.15) is 37.0 Å². The monoisotopic (exact) mass is 232 g/mol. The Bertz CT molecular complexity index is 466. The first-order chi connectivity index (χ1) is 8.16. The van der Waals surface area contributed by atoms with E-state index in [1.54, 1.807) is 12.4 Å². The molecule has 0 bridgehead atoms. The van der Waals surface area contributed by atoms with Crippen LogP contribution in [-0.4, -0.2) is 21.2 Å². The average molecular weight is 232 g/mol. The first-order valence-corrected chi connectivity index (χ1v) is 5.64. The fourth-order valence-corrected chi connectivity index (χ4v) is 1.43. The van der Waals surface area contributed by atoms with Crippen LogP contribution in [0.3, 0.4) is 0 Å². The number of nitrogens with zero attached hydrogens (tertiary/aromatic N) is 3. The lowest BCUT2D eigenvalue weighted by molar-refractivity contribution is 0.343. The molecule has 2 rings (SSSR count). The van der Waals surface area contributed by atoms with Crippen LogP contribution in [0, 0.1) is 0 Å². The second kappa shape index (κ2) is 5.05. The van der Waals surface area contributed by atoms with Gasteiger partial charge in [0.2, 0.25) is 5.89 Å². The Morgan fingerprint density at radius 2 is 2.00 bits per heavy atom. The van der Waals surface area contributed by atoms with Gasteiger partial charge in [0.1, 0.15) is 0 Å². The predicted molar refractivity (Wildman–Crippen MR) is 63.4 cm³/mol. The van der Waals surface area contributed by atoms with Gasteiger partial charge >= 0.3 is 0 Å². The third kappa shape index (κ3) is 2.88. The van der Waals surface area contributed by atoms with E-state index in [1.165, 1.54) is 0 Å². The normalized spacial score (nSPS) is 14.5. The molecule has 0 aliphatic heterocycles. The molecule has 2 aromatic rings. The molecule has 2 aromatic heterocycles. The zero-order chi connectivity index (χ0) is 12.3. The van der Waals surface area contributed by atoms with Crippen molar-refractivity contribution in [3.05, 3.63) is 41.8 Å². The van der Waals surface area contributed by atoms with Gasteiger partial charge in [-0.3, -0.25) is 4.98 Å². The summed E-state index contributed by atoms with van der Waals surface area (Å²) < 4.78 is 5.20. The Morgan fingerprint density at radius 3 is 2.65 bits per heavy atom. The molecule has 2 unspecified atom stereocenters. The second-order valence-electron chi connectivity index (χ2n) is 4.23. The van der Waals surface area contributed by atoms with Gasteiger partial charge in [-0.25, -0.2) is 0 Å². The summed E-state index contributed by atoms with van der Waals surface area (Å²) >= 11 is 0. The van der Waals surface area contributed by atoms with Crippen LogP contribution in [0.15, 0.2) is 29.0 Å². The van der Waals surface area contributed by atoms with Crippen LogP contribution in [-0.2, 0) is 6.42 Å². The Balaban J connectivity index is 2.09. The smallest absolute Gasteiger partial charge is 0.231 e. The van der Waals surface area contributed by atoms with Gasteiger partial charge < -0.3 is 10.3 Å². The van der Waals surface area contributed by atoms with Crippen LogP contribution >= 0.6 is 0 Å². The fraction of sp³-hybridized carbons (Fsp3) is 0.417. The van der Waals surface area contributed by atoms with Crippen LogP contribution in [0.2, 0.25) is 0 Å². The molecule has 0 fully saturated rings. The number of nitrogens with two attached hydrogens (primary N) is 1. The first kappa shape index (κ1) is 11.7. The summed E-state index contributed by atoms with van der Waals surface area (Å²) in [6.45, 7) is 3.91. The molecule has 90 valence electrons. The summed E-state index contributed by atoms with van der Waals surface area (Å²) in [4.78, 5) is 8.31. The Labute approximate surface area is 100 Å². The van der Waals surface area contributed by atoms with Crippen molar-refractivity contribution in [1.29, 1.82) is 0 Å². The van der Waals surface area contributed by atoms with E-state index in [2.05, 4.69) is 15.1 Å². The minimum Gasteiger partial charge on any atom is -0.339 e. The predicted octanol–water partition coefficient (Wildman–Crippen LogP) is 1.51. The van der Waals surface area contributed by atoms with E-state index >= 15 is 0 Å². The summed E-state index contributed by atoms with van der Waals surface area (Å²) in [5.74, 6) is 1.36. The molecule has 0 amide bonds. The molecule has 2 atom stereocenters. The number of rotatable bonds is 4.